The van der Waals surface area contributed by atoms with Crippen molar-refractivity contribution in [3.05, 3.63) is 112 Å². The lowest BCUT2D eigenvalue weighted by Crippen LogP contribution is -2.54. The van der Waals surface area contributed by atoms with Gasteiger partial charge in [0.15, 0.2) is 0 Å². The summed E-state index contributed by atoms with van der Waals surface area (Å²) >= 11 is 3.52. The molecule has 3 amide bonds. The number of halogens is 1. The number of benzene rings is 4. The second-order valence-corrected chi connectivity index (χ2v) is 11.0. The van der Waals surface area contributed by atoms with E-state index in [1.54, 1.807) is 11.0 Å². The Balaban J connectivity index is 1.52. The van der Waals surface area contributed by atoms with Crippen LogP contribution in [0.1, 0.15) is 35.3 Å². The molecule has 1 aliphatic heterocycles. The predicted octanol–water partition coefficient (Wildman–Crippen LogP) is 5.73. The van der Waals surface area contributed by atoms with Crippen LogP contribution in [-0.4, -0.2) is 41.2 Å². The minimum atomic E-state index is -0.767. The van der Waals surface area contributed by atoms with Gasteiger partial charge in [0.1, 0.15) is 12.6 Å². The van der Waals surface area contributed by atoms with Gasteiger partial charge in [-0.2, -0.15) is 0 Å². The molecule has 1 atom stereocenters. The van der Waals surface area contributed by atoms with E-state index in [-0.39, 0.29) is 36.9 Å². The molecule has 0 bridgehead atoms. The molecule has 39 heavy (non-hydrogen) atoms. The van der Waals surface area contributed by atoms with Crippen LogP contribution >= 0.6 is 15.9 Å². The van der Waals surface area contributed by atoms with E-state index in [4.69, 9.17) is 0 Å². The highest BCUT2D eigenvalue weighted by Crippen LogP contribution is 2.37. The van der Waals surface area contributed by atoms with E-state index in [9.17, 15) is 14.4 Å². The van der Waals surface area contributed by atoms with Crippen LogP contribution in [0, 0.1) is 0 Å². The third-order valence-corrected chi connectivity index (χ3v) is 7.38. The number of anilines is 1. The molecule has 4 aromatic carbocycles. The largest absolute Gasteiger partial charge is 0.352 e. The highest BCUT2D eigenvalue weighted by molar-refractivity contribution is 9.10. The number of hydrogen-bond donors (Lipinski definition) is 1. The van der Waals surface area contributed by atoms with E-state index >= 15 is 0 Å². The zero-order chi connectivity index (χ0) is 27.5. The maximum atomic E-state index is 14.2. The lowest BCUT2D eigenvalue weighted by molar-refractivity contribution is -0.140. The van der Waals surface area contributed by atoms with Crippen LogP contribution in [0.4, 0.5) is 5.69 Å². The second-order valence-electron chi connectivity index (χ2n) is 10.1. The van der Waals surface area contributed by atoms with Gasteiger partial charge in [0.2, 0.25) is 11.8 Å². The molecule has 0 fully saturated rings. The van der Waals surface area contributed by atoms with E-state index in [1.165, 1.54) is 4.90 Å². The van der Waals surface area contributed by atoms with Gasteiger partial charge in [0.05, 0.1) is 5.69 Å². The Morgan fingerprint density at radius 2 is 1.59 bits per heavy atom. The number of nitrogens with one attached hydrogen (secondary N) is 1. The highest BCUT2D eigenvalue weighted by Gasteiger charge is 2.36. The Labute approximate surface area is 236 Å². The van der Waals surface area contributed by atoms with Crippen LogP contribution in [0.25, 0.3) is 10.8 Å². The maximum Gasteiger partial charge on any atom is 0.259 e. The molecule has 1 unspecified atom stereocenters. The molecule has 6 nitrogen and oxygen atoms in total. The van der Waals surface area contributed by atoms with E-state index in [0.717, 1.165) is 32.1 Å². The van der Waals surface area contributed by atoms with Crippen molar-refractivity contribution in [2.45, 2.75) is 38.9 Å². The summed E-state index contributed by atoms with van der Waals surface area (Å²) in [7, 11) is 0. The summed E-state index contributed by atoms with van der Waals surface area (Å²) in [5.41, 5.74) is 3.14. The first-order valence-electron chi connectivity index (χ1n) is 13.0. The summed E-state index contributed by atoms with van der Waals surface area (Å²) < 4.78 is 0.885. The van der Waals surface area contributed by atoms with Crippen LogP contribution in [-0.2, 0) is 22.6 Å². The zero-order valence-electron chi connectivity index (χ0n) is 21.9. The van der Waals surface area contributed by atoms with Crippen LogP contribution < -0.4 is 10.2 Å². The van der Waals surface area contributed by atoms with E-state index < -0.39 is 6.04 Å². The quantitative estimate of drug-likeness (QED) is 0.274. The maximum absolute atomic E-state index is 14.2. The van der Waals surface area contributed by atoms with E-state index in [2.05, 4.69) is 21.2 Å². The van der Waals surface area contributed by atoms with Crippen molar-refractivity contribution in [2.75, 3.05) is 11.4 Å². The molecule has 7 heteroatoms. The number of hydrogen-bond acceptors (Lipinski definition) is 3. The summed E-state index contributed by atoms with van der Waals surface area (Å²) in [4.78, 5) is 44.4. The fraction of sp³-hybridized carbons (Fsp3) is 0.219. The molecule has 0 saturated carbocycles. The SMILES string of the molecule is CC(C)NC(=O)C(Cc1ccccc1)N(Cc1cccc(Br)c1)C(=O)CN1C(=O)c2cccc3cccc1c23. The monoisotopic (exact) mass is 583 g/mol. The summed E-state index contributed by atoms with van der Waals surface area (Å²) in [5.74, 6) is -0.730. The Morgan fingerprint density at radius 3 is 2.31 bits per heavy atom. The van der Waals surface area contributed by atoms with Crippen LogP contribution in [0.3, 0.4) is 0 Å². The fourth-order valence-electron chi connectivity index (χ4n) is 5.13. The van der Waals surface area contributed by atoms with Gasteiger partial charge in [-0.15, -0.1) is 0 Å². The summed E-state index contributed by atoms with van der Waals surface area (Å²) in [6, 6.07) is 27.9. The summed E-state index contributed by atoms with van der Waals surface area (Å²) in [5, 5.41) is 4.82. The first-order valence-corrected chi connectivity index (χ1v) is 13.8. The molecule has 4 aromatic rings. The lowest BCUT2D eigenvalue weighted by Gasteiger charge is -2.33. The molecule has 0 saturated heterocycles. The molecular formula is C32H30BrN3O3. The van der Waals surface area contributed by atoms with E-state index in [0.29, 0.717) is 12.0 Å². The molecule has 0 spiro atoms. The Bertz CT molecular complexity index is 1530. The number of carbonyl (C=O) groups excluding carboxylic acids is 3. The van der Waals surface area contributed by atoms with Crippen molar-refractivity contribution in [1.29, 1.82) is 0 Å². The average Bonchev–Trinajstić information content (AvgIpc) is 3.19. The molecule has 198 valence electrons. The van der Waals surface area contributed by atoms with Crippen molar-refractivity contribution in [1.82, 2.24) is 10.2 Å². The molecule has 0 aliphatic carbocycles. The highest BCUT2D eigenvalue weighted by atomic mass is 79.9. The third-order valence-electron chi connectivity index (χ3n) is 6.89. The smallest absolute Gasteiger partial charge is 0.259 e. The topological polar surface area (TPSA) is 69.7 Å². The van der Waals surface area contributed by atoms with Gasteiger partial charge in [-0.1, -0.05) is 82.7 Å². The number of rotatable bonds is 9. The van der Waals surface area contributed by atoms with Crippen molar-refractivity contribution in [3.8, 4) is 0 Å². The number of nitrogens with zero attached hydrogens (tertiary/aromatic N) is 2. The first-order chi connectivity index (χ1) is 18.8. The van der Waals surface area contributed by atoms with Crippen molar-refractivity contribution in [3.63, 3.8) is 0 Å². The molecule has 5 rings (SSSR count). The van der Waals surface area contributed by atoms with Gasteiger partial charge in [-0.3, -0.25) is 19.3 Å². The number of amides is 3. The Morgan fingerprint density at radius 1 is 0.897 bits per heavy atom. The van der Waals surface area contributed by atoms with Crippen LogP contribution in [0.5, 0.6) is 0 Å². The number of carbonyl (C=O) groups is 3. The predicted molar refractivity (Wildman–Crippen MR) is 158 cm³/mol. The van der Waals surface area contributed by atoms with Gasteiger partial charge < -0.3 is 10.2 Å². The molecule has 0 radical (unpaired) electrons. The third kappa shape index (κ3) is 5.73. The summed E-state index contributed by atoms with van der Waals surface area (Å²) in [6.45, 7) is 3.86. The van der Waals surface area contributed by atoms with Crippen LogP contribution in [0.15, 0.2) is 95.5 Å². The van der Waals surface area contributed by atoms with Gasteiger partial charge in [0, 0.05) is 34.4 Å². The Kier molecular flexibility index (Phi) is 7.79. The van der Waals surface area contributed by atoms with Crippen molar-refractivity contribution < 1.29 is 14.4 Å². The first kappa shape index (κ1) is 26.6. The van der Waals surface area contributed by atoms with Gasteiger partial charge in [-0.25, -0.2) is 0 Å². The fourth-order valence-corrected chi connectivity index (χ4v) is 5.58. The Hall–Kier alpha value is -3.97. The average molecular weight is 585 g/mol. The van der Waals surface area contributed by atoms with Crippen molar-refractivity contribution in [2.24, 2.45) is 0 Å². The standard InChI is InChI=1S/C32H30BrN3O3/c1-21(2)34-31(38)28(18-22-9-4-3-5-10-22)35(19-23-11-6-14-25(33)17-23)29(37)20-36-27-16-8-13-24-12-7-15-26(30(24)27)32(36)39/h3-17,21,28H,18-20H2,1-2H3,(H,34,38). The molecule has 0 aromatic heterocycles. The minimum absolute atomic E-state index is 0.0918. The molecular weight excluding hydrogens is 554 g/mol. The van der Waals surface area contributed by atoms with Gasteiger partial charge in [0.25, 0.3) is 5.91 Å². The molecule has 1 heterocycles. The van der Waals surface area contributed by atoms with E-state index in [1.807, 2.05) is 98.8 Å². The van der Waals surface area contributed by atoms with Crippen molar-refractivity contribution >= 4 is 50.1 Å². The zero-order valence-corrected chi connectivity index (χ0v) is 23.5. The lowest BCUT2D eigenvalue weighted by atomic mass is 10.0. The minimum Gasteiger partial charge on any atom is -0.352 e. The summed E-state index contributed by atoms with van der Waals surface area (Å²) in [6.07, 6.45) is 0.350. The van der Waals surface area contributed by atoms with Gasteiger partial charge >= 0.3 is 0 Å². The molecule has 1 aliphatic rings. The second kappa shape index (κ2) is 11.4. The van der Waals surface area contributed by atoms with Gasteiger partial charge in [-0.05, 0) is 54.6 Å². The van der Waals surface area contributed by atoms with Crippen LogP contribution in [0.2, 0.25) is 0 Å². The molecule has 1 N–H and O–H groups in total. The normalized spacial score (nSPS) is 13.1.